The van der Waals surface area contributed by atoms with E-state index in [4.69, 9.17) is 4.43 Å². The molecule has 0 radical (unpaired) electrons. The van der Waals surface area contributed by atoms with E-state index in [1.54, 1.807) is 5.70 Å². The third-order valence-corrected chi connectivity index (χ3v) is 15.5. The highest BCUT2D eigenvalue weighted by Crippen LogP contribution is 2.67. The van der Waals surface area contributed by atoms with Crippen molar-refractivity contribution in [1.29, 1.82) is 0 Å². The molecule has 3 aliphatic carbocycles. The van der Waals surface area contributed by atoms with Gasteiger partial charge in [-0.05, 0) is 98.6 Å². The van der Waals surface area contributed by atoms with Crippen molar-refractivity contribution in [2.75, 3.05) is 6.54 Å². The van der Waals surface area contributed by atoms with Crippen LogP contribution in [0.4, 0.5) is 0 Å². The average molecular weight is 432 g/mol. The number of allylic oxidation sites excluding steroid dienone is 2. The molecule has 4 rings (SSSR count). The molecule has 1 saturated heterocycles. The molecule has 0 aromatic carbocycles. The second kappa shape index (κ2) is 7.37. The average Bonchev–Trinajstić information content (AvgIpc) is 2.98. The molecule has 172 valence electrons. The molecule has 4 aliphatic rings. The second-order valence-electron chi connectivity index (χ2n) is 13.5. The van der Waals surface area contributed by atoms with Crippen LogP contribution in [0, 0.1) is 40.4 Å². The van der Waals surface area contributed by atoms with Crippen LogP contribution in [0.2, 0.25) is 18.1 Å². The molecule has 8 atom stereocenters. The van der Waals surface area contributed by atoms with E-state index in [0.29, 0.717) is 27.9 Å². The summed E-state index contributed by atoms with van der Waals surface area (Å²) in [6, 6.07) is 0. The van der Waals surface area contributed by atoms with Gasteiger partial charge in [-0.25, -0.2) is 0 Å². The SMILES string of the molecule is CC(O[Si](C)(C)C(C)(C)C)[C@H]1CC[C@H]2[C@@H]3[C@@H](C)C=C4NCCC[C@]4(C)[C@H]3CC[C@]12C. The predicted molar refractivity (Wildman–Crippen MR) is 131 cm³/mol. The summed E-state index contributed by atoms with van der Waals surface area (Å²) in [6.07, 6.45) is 11.4. The van der Waals surface area contributed by atoms with E-state index in [2.05, 4.69) is 73.0 Å². The van der Waals surface area contributed by atoms with Gasteiger partial charge in [-0.15, -0.1) is 0 Å². The van der Waals surface area contributed by atoms with E-state index in [1.807, 2.05) is 0 Å². The monoisotopic (exact) mass is 431 g/mol. The highest BCUT2D eigenvalue weighted by atomic mass is 28.4. The summed E-state index contributed by atoms with van der Waals surface area (Å²) in [6.45, 7) is 23.4. The maximum absolute atomic E-state index is 6.99. The molecule has 2 nitrogen and oxygen atoms in total. The van der Waals surface area contributed by atoms with Crippen molar-refractivity contribution in [2.24, 2.45) is 40.4 Å². The molecule has 3 fully saturated rings. The Kier molecular flexibility index (Phi) is 5.62. The lowest BCUT2D eigenvalue weighted by atomic mass is 9.47. The minimum Gasteiger partial charge on any atom is -0.414 e. The molecular formula is C27H49NOSi. The molecule has 0 bridgehead atoms. The minimum absolute atomic E-state index is 0.291. The van der Waals surface area contributed by atoms with Gasteiger partial charge in [0.1, 0.15) is 0 Å². The highest BCUT2D eigenvalue weighted by molar-refractivity contribution is 6.74. The molecule has 1 heterocycles. The van der Waals surface area contributed by atoms with Crippen LogP contribution < -0.4 is 5.32 Å². The lowest BCUT2D eigenvalue weighted by molar-refractivity contribution is -0.0754. The van der Waals surface area contributed by atoms with Crippen LogP contribution in [0.25, 0.3) is 0 Å². The Labute approximate surface area is 188 Å². The van der Waals surface area contributed by atoms with Crippen LogP contribution in [0.5, 0.6) is 0 Å². The third kappa shape index (κ3) is 3.36. The highest BCUT2D eigenvalue weighted by Gasteiger charge is 2.61. The van der Waals surface area contributed by atoms with E-state index >= 15 is 0 Å². The van der Waals surface area contributed by atoms with Crippen molar-refractivity contribution in [1.82, 2.24) is 5.32 Å². The van der Waals surface area contributed by atoms with E-state index in [0.717, 1.165) is 23.7 Å². The van der Waals surface area contributed by atoms with Crippen LogP contribution in [0.1, 0.15) is 87.0 Å². The molecule has 1 aliphatic heterocycles. The summed E-state index contributed by atoms with van der Waals surface area (Å²) >= 11 is 0. The Morgan fingerprint density at radius 2 is 1.80 bits per heavy atom. The van der Waals surface area contributed by atoms with Crippen LogP contribution in [0.15, 0.2) is 11.8 Å². The molecule has 3 heteroatoms. The fraction of sp³-hybridized carbons (Fsp3) is 0.926. The standard InChI is InChI=1S/C27H49NOSi/c1-18-17-23-27(7,14-10-16-28-23)22-13-15-26(6)20(11-12-21(26)24(18)22)19(2)29-30(8,9)25(3,4)5/h17-22,24,28H,10-16H2,1-9H3/t18-,19?,20+,21-,22-,24-,26+,27+/m0/s1. The Hall–Kier alpha value is -0.283. The zero-order chi connectivity index (χ0) is 22.1. The maximum atomic E-state index is 6.99. The lowest BCUT2D eigenvalue weighted by Gasteiger charge is -2.59. The Morgan fingerprint density at radius 3 is 2.47 bits per heavy atom. The Balaban J connectivity index is 1.59. The normalized spacial score (nSPS) is 45.0. The van der Waals surface area contributed by atoms with Crippen molar-refractivity contribution in [3.8, 4) is 0 Å². The first-order valence-electron chi connectivity index (χ1n) is 13.0. The largest absolute Gasteiger partial charge is 0.414 e. The molecule has 2 saturated carbocycles. The van der Waals surface area contributed by atoms with E-state index < -0.39 is 8.32 Å². The van der Waals surface area contributed by atoms with E-state index in [-0.39, 0.29) is 0 Å². The van der Waals surface area contributed by atoms with Crippen LogP contribution in [-0.4, -0.2) is 21.0 Å². The summed E-state index contributed by atoms with van der Waals surface area (Å²) in [7, 11) is -1.73. The molecule has 1 unspecified atom stereocenters. The second-order valence-corrected chi connectivity index (χ2v) is 18.2. The minimum atomic E-state index is -1.73. The van der Waals surface area contributed by atoms with Gasteiger partial charge in [0.2, 0.25) is 0 Å². The number of fused-ring (bicyclic) bond motifs is 5. The maximum Gasteiger partial charge on any atom is 0.192 e. The summed E-state index contributed by atoms with van der Waals surface area (Å²) < 4.78 is 6.99. The summed E-state index contributed by atoms with van der Waals surface area (Å²) in [5.74, 6) is 4.05. The van der Waals surface area contributed by atoms with Crippen molar-refractivity contribution in [3.05, 3.63) is 11.8 Å². The topological polar surface area (TPSA) is 21.3 Å². The summed E-state index contributed by atoms with van der Waals surface area (Å²) in [4.78, 5) is 0. The number of piperidine rings is 1. The van der Waals surface area contributed by atoms with Crippen molar-refractivity contribution >= 4 is 8.32 Å². The number of hydrogen-bond acceptors (Lipinski definition) is 2. The number of hydrogen-bond donors (Lipinski definition) is 1. The van der Waals surface area contributed by atoms with E-state index in [1.165, 1.54) is 45.1 Å². The zero-order valence-corrected chi connectivity index (χ0v) is 22.4. The van der Waals surface area contributed by atoms with Gasteiger partial charge in [0.15, 0.2) is 8.32 Å². The van der Waals surface area contributed by atoms with Crippen LogP contribution in [-0.2, 0) is 4.43 Å². The van der Waals surface area contributed by atoms with E-state index in [9.17, 15) is 0 Å². The first-order valence-corrected chi connectivity index (χ1v) is 15.9. The Bertz CT molecular complexity index is 693. The molecule has 30 heavy (non-hydrogen) atoms. The van der Waals surface area contributed by atoms with Gasteiger partial charge in [0.25, 0.3) is 0 Å². The smallest absolute Gasteiger partial charge is 0.192 e. The van der Waals surface area contributed by atoms with Gasteiger partial charge in [-0.2, -0.15) is 0 Å². The Morgan fingerprint density at radius 1 is 1.10 bits per heavy atom. The molecular weight excluding hydrogens is 382 g/mol. The lowest BCUT2D eigenvalue weighted by Crippen LogP contribution is -2.55. The van der Waals surface area contributed by atoms with Gasteiger partial charge in [0, 0.05) is 23.8 Å². The van der Waals surface area contributed by atoms with Gasteiger partial charge >= 0.3 is 0 Å². The summed E-state index contributed by atoms with van der Waals surface area (Å²) in [5.41, 5.74) is 2.45. The van der Waals surface area contributed by atoms with Crippen molar-refractivity contribution in [3.63, 3.8) is 0 Å². The number of rotatable bonds is 3. The fourth-order valence-corrected chi connectivity index (χ4v) is 9.68. The van der Waals surface area contributed by atoms with Gasteiger partial charge in [-0.1, -0.05) is 47.6 Å². The number of nitrogens with one attached hydrogen (secondary N) is 1. The molecule has 0 amide bonds. The van der Waals surface area contributed by atoms with Crippen LogP contribution >= 0.6 is 0 Å². The molecule has 0 aromatic heterocycles. The van der Waals surface area contributed by atoms with Gasteiger partial charge < -0.3 is 9.74 Å². The molecule has 0 aromatic rings. The quantitative estimate of drug-likeness (QED) is 0.471. The predicted octanol–water partition coefficient (Wildman–Crippen LogP) is 7.38. The van der Waals surface area contributed by atoms with Crippen LogP contribution in [0.3, 0.4) is 0 Å². The first-order chi connectivity index (χ1) is 13.8. The third-order valence-electron chi connectivity index (χ3n) is 10.9. The first kappa shape index (κ1) is 22.9. The molecule has 1 N–H and O–H groups in total. The van der Waals surface area contributed by atoms with Gasteiger partial charge in [-0.3, -0.25) is 0 Å². The zero-order valence-electron chi connectivity index (χ0n) is 21.4. The summed E-state index contributed by atoms with van der Waals surface area (Å²) in [5, 5.41) is 4.10. The van der Waals surface area contributed by atoms with Crippen molar-refractivity contribution < 1.29 is 4.43 Å². The fourth-order valence-electron chi connectivity index (χ4n) is 8.23. The van der Waals surface area contributed by atoms with Crippen molar-refractivity contribution in [2.45, 2.75) is 111 Å². The molecule has 0 spiro atoms. The van der Waals surface area contributed by atoms with Gasteiger partial charge in [0.05, 0.1) is 0 Å².